The minimum atomic E-state index is -3.70. The minimum absolute atomic E-state index is 0.00330. The average molecular weight is 335 g/mol. The SMILES string of the molecule is CCC(NS(=O)(=O)c1cc(C(N)=S)ccc1Cl)C(C)C. The van der Waals surface area contributed by atoms with Crippen molar-refractivity contribution in [1.82, 2.24) is 4.72 Å². The Morgan fingerprint density at radius 3 is 2.50 bits per heavy atom. The second-order valence-corrected chi connectivity index (χ2v) is 7.42. The lowest BCUT2D eigenvalue weighted by Gasteiger charge is -2.21. The van der Waals surface area contributed by atoms with Crippen LogP contribution >= 0.6 is 23.8 Å². The minimum Gasteiger partial charge on any atom is -0.389 e. The molecule has 1 unspecified atom stereocenters. The van der Waals surface area contributed by atoms with Crippen LogP contribution < -0.4 is 10.5 Å². The van der Waals surface area contributed by atoms with Crippen LogP contribution in [0.5, 0.6) is 0 Å². The summed E-state index contributed by atoms with van der Waals surface area (Å²) < 4.78 is 27.5. The Morgan fingerprint density at radius 1 is 1.45 bits per heavy atom. The van der Waals surface area contributed by atoms with E-state index in [1.54, 1.807) is 6.07 Å². The van der Waals surface area contributed by atoms with Gasteiger partial charge in [-0.15, -0.1) is 0 Å². The molecule has 20 heavy (non-hydrogen) atoms. The molecule has 0 bridgehead atoms. The van der Waals surface area contributed by atoms with Crippen molar-refractivity contribution in [1.29, 1.82) is 0 Å². The van der Waals surface area contributed by atoms with Gasteiger partial charge in [-0.25, -0.2) is 13.1 Å². The van der Waals surface area contributed by atoms with Crippen LogP contribution in [0.3, 0.4) is 0 Å². The molecule has 0 fully saturated rings. The first-order valence-electron chi connectivity index (χ1n) is 6.30. The summed E-state index contributed by atoms with van der Waals surface area (Å²) in [5.74, 6) is 0.187. The van der Waals surface area contributed by atoms with Crippen LogP contribution in [0.15, 0.2) is 23.1 Å². The standard InChI is InChI=1S/C13H19ClN2O2S2/c1-4-11(8(2)3)16-20(17,18)12-7-9(13(15)19)5-6-10(12)14/h5-8,11,16H,4H2,1-3H3,(H2,15,19). The lowest BCUT2D eigenvalue weighted by molar-refractivity contribution is 0.437. The van der Waals surface area contributed by atoms with Gasteiger partial charge in [0.05, 0.1) is 5.02 Å². The Morgan fingerprint density at radius 2 is 2.05 bits per heavy atom. The van der Waals surface area contributed by atoms with Gasteiger partial charge in [0.15, 0.2) is 0 Å². The Kier molecular flexibility index (Phi) is 5.94. The first-order chi connectivity index (χ1) is 9.19. The molecule has 1 atom stereocenters. The van der Waals surface area contributed by atoms with Gasteiger partial charge in [-0.1, -0.05) is 50.7 Å². The highest BCUT2D eigenvalue weighted by Gasteiger charge is 2.24. The maximum Gasteiger partial charge on any atom is 0.242 e. The van der Waals surface area contributed by atoms with E-state index in [4.69, 9.17) is 29.6 Å². The number of thiocarbonyl (C=S) groups is 1. The molecule has 0 heterocycles. The molecule has 1 rings (SSSR count). The number of hydrogen-bond donors (Lipinski definition) is 2. The Bertz CT molecular complexity index is 600. The van der Waals surface area contributed by atoms with Crippen molar-refractivity contribution < 1.29 is 8.42 Å². The number of rotatable bonds is 6. The number of benzene rings is 1. The lowest BCUT2D eigenvalue weighted by Crippen LogP contribution is -2.38. The number of nitrogens with one attached hydrogen (secondary N) is 1. The van der Waals surface area contributed by atoms with Gasteiger partial charge in [-0.2, -0.15) is 0 Å². The van der Waals surface area contributed by atoms with Gasteiger partial charge in [-0.3, -0.25) is 0 Å². The quantitative estimate of drug-likeness (QED) is 0.784. The van der Waals surface area contributed by atoms with E-state index in [0.29, 0.717) is 12.0 Å². The lowest BCUT2D eigenvalue weighted by atomic mass is 10.0. The molecule has 7 heteroatoms. The molecule has 0 amide bonds. The first kappa shape index (κ1) is 17.4. The van der Waals surface area contributed by atoms with E-state index in [1.807, 2.05) is 20.8 Å². The molecule has 4 nitrogen and oxygen atoms in total. The van der Waals surface area contributed by atoms with Crippen molar-refractivity contribution in [3.05, 3.63) is 28.8 Å². The molecular formula is C13H19ClN2O2S2. The highest BCUT2D eigenvalue weighted by molar-refractivity contribution is 7.89. The van der Waals surface area contributed by atoms with Gasteiger partial charge in [-0.05, 0) is 24.5 Å². The summed E-state index contributed by atoms with van der Waals surface area (Å²) in [6, 6.07) is 4.34. The van der Waals surface area contributed by atoms with Crippen molar-refractivity contribution >= 4 is 38.8 Å². The van der Waals surface area contributed by atoms with Crippen molar-refractivity contribution in [2.75, 3.05) is 0 Å². The third-order valence-corrected chi connectivity index (χ3v) is 5.26. The van der Waals surface area contributed by atoms with E-state index >= 15 is 0 Å². The van der Waals surface area contributed by atoms with Crippen LogP contribution in [-0.4, -0.2) is 19.4 Å². The third-order valence-electron chi connectivity index (χ3n) is 3.06. The molecule has 3 N–H and O–H groups in total. The summed E-state index contributed by atoms with van der Waals surface area (Å²) in [4.78, 5) is 0.137. The third kappa shape index (κ3) is 4.15. The summed E-state index contributed by atoms with van der Waals surface area (Å²) >= 11 is 10.8. The highest BCUT2D eigenvalue weighted by atomic mass is 35.5. The van der Waals surface area contributed by atoms with Crippen molar-refractivity contribution in [2.45, 2.75) is 38.1 Å². The van der Waals surface area contributed by atoms with Crippen molar-refractivity contribution in [3.63, 3.8) is 0 Å². The molecule has 0 saturated carbocycles. The molecule has 0 aliphatic carbocycles. The second-order valence-electron chi connectivity index (χ2n) is 4.89. The molecular weight excluding hydrogens is 316 g/mol. The maximum atomic E-state index is 12.4. The van der Waals surface area contributed by atoms with Crippen LogP contribution in [0.4, 0.5) is 0 Å². The normalized spacial score (nSPS) is 13.4. The molecule has 0 aliphatic heterocycles. The predicted octanol–water partition coefficient (Wildman–Crippen LogP) is 2.69. The summed E-state index contributed by atoms with van der Waals surface area (Å²) in [7, 11) is -3.70. The van der Waals surface area contributed by atoms with Gasteiger partial charge in [0.25, 0.3) is 0 Å². The summed E-state index contributed by atoms with van der Waals surface area (Å²) in [5, 5.41) is 0.149. The van der Waals surface area contributed by atoms with Gasteiger partial charge < -0.3 is 5.73 Å². The monoisotopic (exact) mass is 334 g/mol. The van der Waals surface area contributed by atoms with Gasteiger partial charge in [0.2, 0.25) is 10.0 Å². The van der Waals surface area contributed by atoms with E-state index in [1.165, 1.54) is 12.1 Å². The molecule has 1 aromatic rings. The maximum absolute atomic E-state index is 12.4. The number of sulfonamides is 1. The van der Waals surface area contributed by atoms with Crippen LogP contribution in [0, 0.1) is 5.92 Å². The number of nitrogens with two attached hydrogens (primary N) is 1. The smallest absolute Gasteiger partial charge is 0.242 e. The first-order valence-corrected chi connectivity index (χ1v) is 8.57. The zero-order valence-electron chi connectivity index (χ0n) is 11.7. The fourth-order valence-corrected chi connectivity index (χ4v) is 3.94. The molecule has 1 aromatic carbocycles. The molecule has 0 radical (unpaired) electrons. The Balaban J connectivity index is 3.21. The van der Waals surface area contributed by atoms with E-state index < -0.39 is 10.0 Å². The predicted molar refractivity (Wildman–Crippen MR) is 86.6 cm³/mol. The van der Waals surface area contributed by atoms with E-state index in [0.717, 1.165) is 0 Å². The zero-order valence-corrected chi connectivity index (χ0v) is 14.1. The summed E-state index contributed by atoms with van der Waals surface area (Å²) in [5.41, 5.74) is 6.00. The molecule has 0 spiro atoms. The number of hydrogen-bond acceptors (Lipinski definition) is 3. The van der Waals surface area contributed by atoms with Crippen LogP contribution in [0.25, 0.3) is 0 Å². The van der Waals surface area contributed by atoms with E-state index in [9.17, 15) is 8.42 Å². The molecule has 0 saturated heterocycles. The molecule has 112 valence electrons. The fraction of sp³-hybridized carbons (Fsp3) is 0.462. The zero-order chi connectivity index (χ0) is 15.5. The fourth-order valence-electron chi connectivity index (χ4n) is 1.82. The second kappa shape index (κ2) is 6.85. The molecule has 0 aliphatic rings. The van der Waals surface area contributed by atoms with Gasteiger partial charge in [0, 0.05) is 11.6 Å². The topological polar surface area (TPSA) is 72.2 Å². The largest absolute Gasteiger partial charge is 0.389 e. The van der Waals surface area contributed by atoms with E-state index in [-0.39, 0.29) is 26.9 Å². The van der Waals surface area contributed by atoms with Crippen LogP contribution in [0.2, 0.25) is 5.02 Å². The summed E-state index contributed by atoms with van der Waals surface area (Å²) in [6.07, 6.45) is 0.698. The Labute approximate surface area is 130 Å². The highest BCUT2D eigenvalue weighted by Crippen LogP contribution is 2.23. The summed E-state index contributed by atoms with van der Waals surface area (Å²) in [6.45, 7) is 5.85. The Hall–Kier alpha value is -0.690. The van der Waals surface area contributed by atoms with Gasteiger partial charge in [0.1, 0.15) is 9.88 Å². The van der Waals surface area contributed by atoms with E-state index in [2.05, 4.69) is 4.72 Å². The number of halogens is 1. The van der Waals surface area contributed by atoms with Crippen LogP contribution in [0.1, 0.15) is 32.8 Å². The van der Waals surface area contributed by atoms with Gasteiger partial charge >= 0.3 is 0 Å². The van der Waals surface area contributed by atoms with Crippen molar-refractivity contribution in [2.24, 2.45) is 11.7 Å². The van der Waals surface area contributed by atoms with Crippen LogP contribution in [-0.2, 0) is 10.0 Å². The molecule has 0 aromatic heterocycles. The van der Waals surface area contributed by atoms with Crippen molar-refractivity contribution in [3.8, 4) is 0 Å². The average Bonchev–Trinajstić information content (AvgIpc) is 2.35.